The van der Waals surface area contributed by atoms with E-state index < -0.39 is 11.3 Å². The molecular formula is C11H14NO2S-. The lowest BCUT2D eigenvalue weighted by atomic mass is 9.89. The first-order chi connectivity index (χ1) is 7.23. The third kappa shape index (κ3) is 2.27. The summed E-state index contributed by atoms with van der Waals surface area (Å²) in [6.45, 7) is 0. The summed E-state index contributed by atoms with van der Waals surface area (Å²) in [5.74, 6) is 0. The summed E-state index contributed by atoms with van der Waals surface area (Å²) < 4.78 is 24.3. The van der Waals surface area contributed by atoms with Gasteiger partial charge in [0, 0.05) is 11.3 Å². The molecule has 1 fully saturated rings. The van der Waals surface area contributed by atoms with E-state index in [0.29, 0.717) is 0 Å². The normalized spacial score (nSPS) is 21.4. The molecule has 0 saturated heterocycles. The van der Waals surface area contributed by atoms with Crippen molar-refractivity contribution in [2.75, 3.05) is 0 Å². The minimum absolute atomic E-state index is 0.353. The Balaban J connectivity index is 2.30. The van der Waals surface area contributed by atoms with Gasteiger partial charge in [-0.1, -0.05) is 43.2 Å². The second-order valence-electron chi connectivity index (χ2n) is 3.99. The Bertz CT molecular complexity index is 347. The van der Waals surface area contributed by atoms with Gasteiger partial charge in [-0.15, -0.1) is 0 Å². The fourth-order valence-corrected chi connectivity index (χ4v) is 2.99. The highest BCUT2D eigenvalue weighted by molar-refractivity contribution is 7.77. The molecule has 4 heteroatoms. The number of rotatable bonds is 3. The topological polar surface area (TPSA) is 52.2 Å². The van der Waals surface area contributed by atoms with E-state index in [4.69, 9.17) is 0 Å². The number of nitrogens with one attached hydrogen (secondary N) is 1. The molecular weight excluding hydrogens is 210 g/mol. The zero-order valence-electron chi connectivity index (χ0n) is 8.44. The van der Waals surface area contributed by atoms with Gasteiger partial charge in [-0.2, -0.15) is 0 Å². The van der Waals surface area contributed by atoms with Gasteiger partial charge >= 0.3 is 0 Å². The fraction of sp³-hybridized carbons (Fsp3) is 0.455. The zero-order valence-corrected chi connectivity index (χ0v) is 9.26. The summed E-state index contributed by atoms with van der Waals surface area (Å²) in [4.78, 5) is 0. The maximum atomic E-state index is 10.8. The van der Waals surface area contributed by atoms with Crippen LogP contribution in [0.5, 0.6) is 0 Å². The molecule has 82 valence electrons. The molecule has 1 aliphatic carbocycles. The van der Waals surface area contributed by atoms with E-state index >= 15 is 0 Å². The van der Waals surface area contributed by atoms with Gasteiger partial charge in [0.2, 0.25) is 0 Å². The summed E-state index contributed by atoms with van der Waals surface area (Å²) in [5.41, 5.74) is 0.722. The SMILES string of the molecule is O=S([O-])NC1(c2ccccc2)CCCC1. The molecule has 1 unspecified atom stereocenters. The third-order valence-electron chi connectivity index (χ3n) is 3.06. The molecule has 0 bridgehead atoms. The van der Waals surface area contributed by atoms with E-state index in [-0.39, 0.29) is 5.54 Å². The summed E-state index contributed by atoms with van der Waals surface area (Å²) in [5, 5.41) is 0. The molecule has 1 saturated carbocycles. The van der Waals surface area contributed by atoms with Gasteiger partial charge < -0.3 is 4.55 Å². The van der Waals surface area contributed by atoms with Gasteiger partial charge in [0.1, 0.15) is 0 Å². The standard InChI is InChI=1S/C11H15NO2S/c13-15(14)12-11(8-4-5-9-11)10-6-2-1-3-7-10/h1-3,6-7,12H,4-5,8-9H2,(H,13,14)/p-1. The van der Waals surface area contributed by atoms with Crippen LogP contribution in [0, 0.1) is 0 Å². The molecule has 1 aliphatic rings. The molecule has 2 rings (SSSR count). The molecule has 0 radical (unpaired) electrons. The van der Waals surface area contributed by atoms with Crippen LogP contribution in [0.3, 0.4) is 0 Å². The molecule has 0 spiro atoms. The second-order valence-corrected chi connectivity index (χ2v) is 4.67. The van der Waals surface area contributed by atoms with Gasteiger partial charge in [0.15, 0.2) is 0 Å². The van der Waals surface area contributed by atoms with Gasteiger partial charge in [0.25, 0.3) is 0 Å². The predicted octanol–water partition coefficient (Wildman–Crippen LogP) is 1.84. The molecule has 1 aromatic rings. The Hall–Kier alpha value is -0.710. The smallest absolute Gasteiger partial charge is 0.0543 e. The first kappa shape index (κ1) is 10.8. The van der Waals surface area contributed by atoms with Crippen LogP contribution in [0.2, 0.25) is 0 Å². The lowest BCUT2D eigenvalue weighted by Gasteiger charge is -2.31. The molecule has 15 heavy (non-hydrogen) atoms. The fourth-order valence-electron chi connectivity index (χ4n) is 2.34. The van der Waals surface area contributed by atoms with Crippen LogP contribution in [0.25, 0.3) is 0 Å². The van der Waals surface area contributed by atoms with Crippen LogP contribution in [-0.2, 0) is 16.8 Å². The van der Waals surface area contributed by atoms with Crippen molar-refractivity contribution < 1.29 is 8.76 Å². The largest absolute Gasteiger partial charge is 0.760 e. The Morgan fingerprint density at radius 1 is 1.20 bits per heavy atom. The van der Waals surface area contributed by atoms with E-state index in [9.17, 15) is 8.76 Å². The van der Waals surface area contributed by atoms with Crippen LogP contribution < -0.4 is 4.72 Å². The van der Waals surface area contributed by atoms with Crippen molar-refractivity contribution >= 4 is 11.3 Å². The van der Waals surface area contributed by atoms with Crippen molar-refractivity contribution in [3.63, 3.8) is 0 Å². The molecule has 1 aromatic carbocycles. The van der Waals surface area contributed by atoms with Crippen molar-refractivity contribution in [2.45, 2.75) is 31.2 Å². The summed E-state index contributed by atoms with van der Waals surface area (Å²) in [7, 11) is 0. The molecule has 0 heterocycles. The van der Waals surface area contributed by atoms with Crippen LogP contribution in [0.1, 0.15) is 31.2 Å². The van der Waals surface area contributed by atoms with E-state index in [1.54, 1.807) is 0 Å². The van der Waals surface area contributed by atoms with Crippen molar-refractivity contribution in [1.29, 1.82) is 0 Å². The summed E-state index contributed by atoms with van der Waals surface area (Å²) >= 11 is -2.20. The van der Waals surface area contributed by atoms with Gasteiger partial charge in [-0.05, 0) is 18.4 Å². The minimum Gasteiger partial charge on any atom is -0.760 e. The van der Waals surface area contributed by atoms with E-state index in [1.165, 1.54) is 0 Å². The van der Waals surface area contributed by atoms with E-state index in [0.717, 1.165) is 31.2 Å². The first-order valence-corrected chi connectivity index (χ1v) is 6.23. The lowest BCUT2D eigenvalue weighted by Crippen LogP contribution is -2.40. The third-order valence-corrected chi connectivity index (χ3v) is 3.62. The maximum absolute atomic E-state index is 10.8. The predicted molar refractivity (Wildman–Crippen MR) is 58.6 cm³/mol. The Kier molecular flexibility index (Phi) is 3.19. The minimum atomic E-state index is -2.20. The van der Waals surface area contributed by atoms with Crippen molar-refractivity contribution in [2.24, 2.45) is 0 Å². The Morgan fingerprint density at radius 2 is 1.80 bits per heavy atom. The first-order valence-electron chi connectivity index (χ1n) is 5.16. The highest BCUT2D eigenvalue weighted by atomic mass is 32.2. The van der Waals surface area contributed by atoms with Crippen molar-refractivity contribution in [3.8, 4) is 0 Å². The van der Waals surface area contributed by atoms with Gasteiger partial charge in [-0.3, -0.25) is 4.21 Å². The highest BCUT2D eigenvalue weighted by Crippen LogP contribution is 2.38. The molecule has 1 atom stereocenters. The molecule has 3 nitrogen and oxygen atoms in total. The van der Waals surface area contributed by atoms with Gasteiger partial charge in [0.05, 0.1) is 5.54 Å². The Morgan fingerprint density at radius 3 is 2.33 bits per heavy atom. The average Bonchev–Trinajstić information content (AvgIpc) is 2.68. The van der Waals surface area contributed by atoms with E-state index in [2.05, 4.69) is 4.72 Å². The van der Waals surface area contributed by atoms with Crippen molar-refractivity contribution in [3.05, 3.63) is 35.9 Å². The molecule has 1 N–H and O–H groups in total. The molecule has 0 aliphatic heterocycles. The van der Waals surface area contributed by atoms with E-state index in [1.807, 2.05) is 30.3 Å². The monoisotopic (exact) mass is 224 g/mol. The number of hydrogen-bond donors (Lipinski definition) is 1. The summed E-state index contributed by atoms with van der Waals surface area (Å²) in [6, 6.07) is 9.83. The van der Waals surface area contributed by atoms with Crippen LogP contribution in [0.4, 0.5) is 0 Å². The van der Waals surface area contributed by atoms with Crippen LogP contribution in [0.15, 0.2) is 30.3 Å². The van der Waals surface area contributed by atoms with Gasteiger partial charge in [-0.25, -0.2) is 4.72 Å². The molecule has 0 aromatic heterocycles. The quantitative estimate of drug-likeness (QED) is 0.796. The van der Waals surface area contributed by atoms with Crippen LogP contribution in [-0.4, -0.2) is 8.76 Å². The van der Waals surface area contributed by atoms with Crippen molar-refractivity contribution in [1.82, 2.24) is 4.72 Å². The zero-order chi connectivity index (χ0) is 10.7. The number of hydrogen-bond acceptors (Lipinski definition) is 2. The highest BCUT2D eigenvalue weighted by Gasteiger charge is 2.35. The maximum Gasteiger partial charge on any atom is 0.0543 e. The lowest BCUT2D eigenvalue weighted by molar-refractivity contribution is 0.393. The Labute approximate surface area is 92.3 Å². The average molecular weight is 224 g/mol. The molecule has 0 amide bonds. The summed E-state index contributed by atoms with van der Waals surface area (Å²) in [6.07, 6.45) is 3.95. The second kappa shape index (κ2) is 4.43. The van der Waals surface area contributed by atoms with Crippen LogP contribution >= 0.6 is 0 Å². The number of benzene rings is 1.